The van der Waals surface area contributed by atoms with Gasteiger partial charge in [-0.15, -0.1) is 0 Å². The van der Waals surface area contributed by atoms with E-state index in [2.05, 4.69) is 10.3 Å². The number of hydrogen-bond acceptors (Lipinski definition) is 6. The van der Waals surface area contributed by atoms with E-state index in [4.69, 9.17) is 10.5 Å². The smallest absolute Gasteiger partial charge is 0.410 e. The molecule has 3 heterocycles. The van der Waals surface area contributed by atoms with Gasteiger partial charge in [0.1, 0.15) is 5.60 Å². The SMILES string of the molecule is CC(C)(C)OC(=O)N1CCC(Nc2cncc(N3C(=O)c4ccc(N)cc4C3(C)C)c2)CC1. The van der Waals surface area contributed by atoms with Crippen LogP contribution in [0.2, 0.25) is 0 Å². The third-order valence-electron chi connectivity index (χ3n) is 6.19. The Morgan fingerprint density at radius 2 is 1.88 bits per heavy atom. The lowest BCUT2D eigenvalue weighted by atomic mass is 9.93. The van der Waals surface area contributed by atoms with Crippen molar-refractivity contribution in [3.05, 3.63) is 47.8 Å². The number of amides is 2. The molecule has 2 amide bonds. The molecular weight excluding hydrogens is 418 g/mol. The molecule has 0 saturated carbocycles. The van der Waals surface area contributed by atoms with Crippen molar-refractivity contribution in [1.29, 1.82) is 0 Å². The number of likely N-dealkylation sites (tertiary alicyclic amines) is 1. The molecule has 8 heteroatoms. The molecule has 2 aliphatic rings. The molecule has 1 fully saturated rings. The number of nitrogens with zero attached hydrogens (tertiary/aromatic N) is 3. The molecule has 1 aromatic carbocycles. The summed E-state index contributed by atoms with van der Waals surface area (Å²) < 4.78 is 5.48. The van der Waals surface area contributed by atoms with Crippen LogP contribution < -0.4 is 16.0 Å². The molecule has 0 radical (unpaired) electrons. The van der Waals surface area contributed by atoms with Gasteiger partial charge in [0.15, 0.2) is 0 Å². The molecule has 4 rings (SSSR count). The summed E-state index contributed by atoms with van der Waals surface area (Å²) in [6.07, 6.45) is 4.83. The Kier molecular flexibility index (Phi) is 5.72. The van der Waals surface area contributed by atoms with E-state index in [0.29, 0.717) is 24.3 Å². The predicted octanol–water partition coefficient (Wildman–Crippen LogP) is 4.37. The van der Waals surface area contributed by atoms with Crippen molar-refractivity contribution < 1.29 is 14.3 Å². The summed E-state index contributed by atoms with van der Waals surface area (Å²) in [7, 11) is 0. The van der Waals surface area contributed by atoms with Crippen LogP contribution in [0.5, 0.6) is 0 Å². The summed E-state index contributed by atoms with van der Waals surface area (Å²) in [4.78, 5) is 33.4. The summed E-state index contributed by atoms with van der Waals surface area (Å²) in [6.45, 7) is 10.9. The van der Waals surface area contributed by atoms with Crippen LogP contribution in [0.1, 0.15) is 63.4 Å². The summed E-state index contributed by atoms with van der Waals surface area (Å²) >= 11 is 0. The third-order valence-corrected chi connectivity index (χ3v) is 6.19. The van der Waals surface area contributed by atoms with Crippen LogP contribution in [0, 0.1) is 0 Å². The third kappa shape index (κ3) is 4.60. The molecule has 0 aliphatic carbocycles. The van der Waals surface area contributed by atoms with Gasteiger partial charge >= 0.3 is 6.09 Å². The maximum absolute atomic E-state index is 13.2. The van der Waals surface area contributed by atoms with Gasteiger partial charge < -0.3 is 20.7 Å². The first-order valence-corrected chi connectivity index (χ1v) is 11.4. The number of carbonyl (C=O) groups is 2. The molecule has 33 heavy (non-hydrogen) atoms. The first-order chi connectivity index (χ1) is 15.5. The summed E-state index contributed by atoms with van der Waals surface area (Å²) in [6, 6.07) is 7.60. The van der Waals surface area contributed by atoms with E-state index in [1.807, 2.05) is 46.8 Å². The highest BCUT2D eigenvalue weighted by atomic mass is 16.6. The van der Waals surface area contributed by atoms with Gasteiger partial charge in [-0.1, -0.05) is 0 Å². The van der Waals surface area contributed by atoms with Gasteiger partial charge in [0, 0.05) is 30.4 Å². The number of benzene rings is 1. The van der Waals surface area contributed by atoms with Crippen LogP contribution in [-0.4, -0.2) is 46.6 Å². The van der Waals surface area contributed by atoms with Gasteiger partial charge in [-0.3, -0.25) is 14.7 Å². The van der Waals surface area contributed by atoms with Crippen LogP contribution in [0.4, 0.5) is 21.9 Å². The molecule has 1 aromatic heterocycles. The van der Waals surface area contributed by atoms with Crippen molar-refractivity contribution in [3.8, 4) is 0 Å². The molecular formula is C25H33N5O3. The topological polar surface area (TPSA) is 101 Å². The number of piperidine rings is 1. The van der Waals surface area contributed by atoms with Crippen molar-refractivity contribution >= 4 is 29.1 Å². The van der Waals surface area contributed by atoms with Crippen molar-refractivity contribution in [2.24, 2.45) is 0 Å². The van der Waals surface area contributed by atoms with Gasteiger partial charge in [-0.25, -0.2) is 4.79 Å². The normalized spacial score (nSPS) is 18.3. The van der Waals surface area contributed by atoms with Crippen LogP contribution >= 0.6 is 0 Å². The molecule has 0 bridgehead atoms. The van der Waals surface area contributed by atoms with Gasteiger partial charge in [-0.05, 0) is 77.3 Å². The molecule has 176 valence electrons. The molecule has 0 atom stereocenters. The van der Waals surface area contributed by atoms with Crippen molar-refractivity contribution in [2.75, 3.05) is 29.0 Å². The standard InChI is InChI=1S/C25H33N5O3/c1-24(2,3)33-23(32)29-10-8-17(9-11-29)28-18-13-19(15-27-14-18)30-22(31)20-7-6-16(26)12-21(20)25(30,4)5/h6-7,12-15,17,28H,8-11,26H2,1-5H3. The first-order valence-electron chi connectivity index (χ1n) is 11.4. The second-order valence-electron chi connectivity index (χ2n) is 10.3. The predicted molar refractivity (Wildman–Crippen MR) is 129 cm³/mol. The molecule has 2 aliphatic heterocycles. The molecule has 8 nitrogen and oxygen atoms in total. The van der Waals surface area contributed by atoms with Gasteiger partial charge in [0.2, 0.25) is 0 Å². The average molecular weight is 452 g/mol. The maximum atomic E-state index is 13.2. The lowest BCUT2D eigenvalue weighted by Gasteiger charge is -2.34. The van der Waals surface area contributed by atoms with Crippen molar-refractivity contribution in [2.45, 2.75) is 64.6 Å². The van der Waals surface area contributed by atoms with E-state index in [-0.39, 0.29) is 18.0 Å². The molecule has 0 unspecified atom stereocenters. The Balaban J connectivity index is 1.45. The van der Waals surface area contributed by atoms with Gasteiger partial charge in [-0.2, -0.15) is 0 Å². The quantitative estimate of drug-likeness (QED) is 0.672. The van der Waals surface area contributed by atoms with E-state index in [1.165, 1.54) is 0 Å². The zero-order valence-corrected chi connectivity index (χ0v) is 20.0. The van der Waals surface area contributed by atoms with Crippen LogP contribution in [0.25, 0.3) is 0 Å². The van der Waals surface area contributed by atoms with Crippen LogP contribution in [0.15, 0.2) is 36.7 Å². The highest BCUT2D eigenvalue weighted by Gasteiger charge is 2.44. The number of nitrogen functional groups attached to an aromatic ring is 1. The number of hydrogen-bond donors (Lipinski definition) is 2. The lowest BCUT2D eigenvalue weighted by Crippen LogP contribution is -2.44. The number of nitrogens with two attached hydrogens (primary N) is 1. The molecule has 0 spiro atoms. The van der Waals surface area contributed by atoms with Gasteiger partial charge in [0.25, 0.3) is 5.91 Å². The molecule has 2 aromatic rings. The number of fused-ring (bicyclic) bond motifs is 1. The maximum Gasteiger partial charge on any atom is 0.410 e. The molecule has 1 saturated heterocycles. The van der Waals surface area contributed by atoms with Crippen LogP contribution in [-0.2, 0) is 10.3 Å². The number of ether oxygens (including phenoxy) is 1. The van der Waals surface area contributed by atoms with Gasteiger partial charge in [0.05, 0.1) is 29.3 Å². The number of nitrogens with one attached hydrogen (secondary N) is 1. The monoisotopic (exact) mass is 451 g/mol. The van der Waals surface area contributed by atoms with E-state index in [1.54, 1.807) is 34.3 Å². The van der Waals surface area contributed by atoms with E-state index in [9.17, 15) is 9.59 Å². The fourth-order valence-corrected chi connectivity index (χ4v) is 4.59. The number of pyridine rings is 1. The summed E-state index contributed by atoms with van der Waals surface area (Å²) in [5.41, 5.74) is 8.76. The lowest BCUT2D eigenvalue weighted by molar-refractivity contribution is 0.0210. The van der Waals surface area contributed by atoms with E-state index in [0.717, 1.165) is 29.8 Å². The Morgan fingerprint density at radius 3 is 2.55 bits per heavy atom. The largest absolute Gasteiger partial charge is 0.444 e. The zero-order chi connectivity index (χ0) is 24.0. The fourth-order valence-electron chi connectivity index (χ4n) is 4.59. The summed E-state index contributed by atoms with van der Waals surface area (Å²) in [5.74, 6) is -0.0559. The minimum absolute atomic E-state index is 0.0559. The second kappa shape index (κ2) is 8.24. The minimum atomic E-state index is -0.541. The number of rotatable bonds is 3. The number of carbonyl (C=O) groups excluding carboxylic acids is 2. The average Bonchev–Trinajstić information content (AvgIpc) is 2.92. The highest BCUT2D eigenvalue weighted by Crippen LogP contribution is 2.42. The summed E-state index contributed by atoms with van der Waals surface area (Å²) in [5, 5.41) is 3.53. The highest BCUT2D eigenvalue weighted by molar-refractivity contribution is 6.12. The number of anilines is 3. The zero-order valence-electron chi connectivity index (χ0n) is 20.0. The first kappa shape index (κ1) is 22.9. The molecule has 3 N–H and O–H groups in total. The Morgan fingerprint density at radius 1 is 1.18 bits per heavy atom. The van der Waals surface area contributed by atoms with E-state index >= 15 is 0 Å². The number of aromatic nitrogens is 1. The Labute approximate surface area is 195 Å². The van der Waals surface area contributed by atoms with Crippen molar-refractivity contribution in [1.82, 2.24) is 9.88 Å². The Hall–Kier alpha value is -3.29. The fraction of sp³-hybridized carbons (Fsp3) is 0.480. The van der Waals surface area contributed by atoms with Crippen LogP contribution in [0.3, 0.4) is 0 Å². The minimum Gasteiger partial charge on any atom is -0.444 e. The second-order valence-corrected chi connectivity index (χ2v) is 10.3. The van der Waals surface area contributed by atoms with Crippen molar-refractivity contribution in [3.63, 3.8) is 0 Å². The van der Waals surface area contributed by atoms with E-state index < -0.39 is 11.1 Å². The Bertz CT molecular complexity index is 1070.